The molecule has 0 bridgehead atoms. The predicted molar refractivity (Wildman–Crippen MR) is 82.2 cm³/mol. The van der Waals surface area contributed by atoms with Crippen molar-refractivity contribution in [2.24, 2.45) is 0 Å². The minimum atomic E-state index is 0.118. The molecule has 0 aromatic heterocycles. The summed E-state index contributed by atoms with van der Waals surface area (Å²) in [6.07, 6.45) is 0.118. The van der Waals surface area contributed by atoms with E-state index in [1.165, 1.54) is 0 Å². The Hall–Kier alpha value is -0.770. The lowest BCUT2D eigenvalue weighted by molar-refractivity contribution is 0.206. The maximum absolute atomic E-state index is 5.93. The van der Waals surface area contributed by atoms with Crippen molar-refractivity contribution in [1.29, 1.82) is 0 Å². The number of ether oxygens (including phenoxy) is 1. The van der Waals surface area contributed by atoms with Gasteiger partial charge in [-0.3, -0.25) is 0 Å². The topological polar surface area (TPSA) is 24.5 Å². The Morgan fingerprint density at radius 1 is 1.37 bits per heavy atom. The fourth-order valence-electron chi connectivity index (χ4n) is 1.84. The average Bonchev–Trinajstić information content (AvgIpc) is 2.36. The summed E-state index contributed by atoms with van der Waals surface area (Å²) in [7, 11) is 2.13. The van der Waals surface area contributed by atoms with Gasteiger partial charge in [-0.2, -0.15) is 0 Å². The van der Waals surface area contributed by atoms with Gasteiger partial charge in [0.25, 0.3) is 0 Å². The molecule has 4 heteroatoms. The zero-order valence-corrected chi connectivity index (χ0v) is 13.1. The average molecular weight is 285 g/mol. The molecule has 2 atom stereocenters. The largest absolute Gasteiger partial charge is 0.489 e. The number of nitrogens with one attached hydrogen (secondary N) is 1. The minimum Gasteiger partial charge on any atom is -0.489 e. The van der Waals surface area contributed by atoms with E-state index in [-0.39, 0.29) is 6.10 Å². The highest BCUT2D eigenvalue weighted by Gasteiger charge is 2.08. The zero-order chi connectivity index (χ0) is 14.3. The van der Waals surface area contributed by atoms with E-state index in [2.05, 4.69) is 38.0 Å². The van der Waals surface area contributed by atoms with Crippen LogP contribution in [0.2, 0.25) is 5.02 Å². The van der Waals surface area contributed by atoms with E-state index in [1.807, 2.05) is 24.3 Å². The van der Waals surface area contributed by atoms with Gasteiger partial charge in [0.15, 0.2) is 0 Å². The first kappa shape index (κ1) is 16.3. The van der Waals surface area contributed by atoms with Crippen molar-refractivity contribution in [2.75, 3.05) is 26.7 Å². The summed E-state index contributed by atoms with van der Waals surface area (Å²) in [5.74, 6) is 0.820. The van der Waals surface area contributed by atoms with Crippen molar-refractivity contribution in [1.82, 2.24) is 10.2 Å². The second kappa shape index (κ2) is 8.41. The van der Waals surface area contributed by atoms with Crippen LogP contribution in [0.4, 0.5) is 0 Å². The molecule has 0 spiro atoms. The van der Waals surface area contributed by atoms with Crippen molar-refractivity contribution in [3.05, 3.63) is 29.3 Å². The fourth-order valence-corrected chi connectivity index (χ4v) is 2.02. The van der Waals surface area contributed by atoms with Gasteiger partial charge >= 0.3 is 0 Å². The van der Waals surface area contributed by atoms with Gasteiger partial charge in [0.2, 0.25) is 0 Å². The van der Waals surface area contributed by atoms with E-state index in [0.29, 0.717) is 11.1 Å². The zero-order valence-electron chi connectivity index (χ0n) is 12.3. The van der Waals surface area contributed by atoms with Crippen LogP contribution in [0.3, 0.4) is 0 Å². The Kier molecular flexibility index (Phi) is 7.21. The number of halogens is 1. The van der Waals surface area contributed by atoms with Gasteiger partial charge in [0.1, 0.15) is 11.9 Å². The monoisotopic (exact) mass is 284 g/mol. The Labute approximate surface area is 121 Å². The van der Waals surface area contributed by atoms with Crippen molar-refractivity contribution < 1.29 is 4.74 Å². The second-order valence-corrected chi connectivity index (χ2v) is 5.49. The minimum absolute atomic E-state index is 0.118. The normalized spacial score (nSPS) is 14.4. The summed E-state index contributed by atoms with van der Waals surface area (Å²) in [6, 6.07) is 7.97. The van der Waals surface area contributed by atoms with Crippen LogP contribution in [0, 0.1) is 0 Å². The Bertz CT molecular complexity index is 373. The number of likely N-dealkylation sites (N-methyl/N-ethyl adjacent to an activating group) is 1. The summed E-state index contributed by atoms with van der Waals surface area (Å²) in [5.41, 5.74) is 0. The number of hydrogen-bond acceptors (Lipinski definition) is 3. The van der Waals surface area contributed by atoms with Gasteiger partial charge in [0, 0.05) is 24.2 Å². The fraction of sp³-hybridized carbons (Fsp3) is 0.600. The molecule has 1 aromatic carbocycles. The molecule has 1 rings (SSSR count). The summed E-state index contributed by atoms with van der Waals surface area (Å²) in [5, 5.41) is 4.19. The molecule has 0 fully saturated rings. The van der Waals surface area contributed by atoms with Crippen LogP contribution in [0.1, 0.15) is 20.8 Å². The number of benzene rings is 1. The molecule has 0 radical (unpaired) electrons. The van der Waals surface area contributed by atoms with Crippen LogP contribution in [0.25, 0.3) is 0 Å². The standard InChI is InChI=1S/C15H25ClN2O/c1-5-18(4)11-12(2)17-10-13(3)19-15-8-6-7-14(16)9-15/h6-9,12-13,17H,5,10-11H2,1-4H3. The molecule has 0 saturated heterocycles. The highest BCUT2D eigenvalue weighted by Crippen LogP contribution is 2.18. The maximum atomic E-state index is 5.93. The molecule has 0 amide bonds. The van der Waals surface area contributed by atoms with Crippen LogP contribution in [-0.4, -0.2) is 43.7 Å². The molecule has 0 aliphatic rings. The van der Waals surface area contributed by atoms with Crippen LogP contribution >= 0.6 is 11.6 Å². The number of nitrogens with zero attached hydrogens (tertiary/aromatic N) is 1. The predicted octanol–water partition coefficient (Wildman–Crippen LogP) is 3.04. The van der Waals surface area contributed by atoms with E-state index in [9.17, 15) is 0 Å². The molecule has 19 heavy (non-hydrogen) atoms. The van der Waals surface area contributed by atoms with Gasteiger partial charge in [-0.15, -0.1) is 0 Å². The Balaban J connectivity index is 2.29. The van der Waals surface area contributed by atoms with E-state index in [1.54, 1.807) is 0 Å². The van der Waals surface area contributed by atoms with Crippen LogP contribution in [-0.2, 0) is 0 Å². The van der Waals surface area contributed by atoms with E-state index in [0.717, 1.165) is 25.4 Å². The summed E-state index contributed by atoms with van der Waals surface area (Å²) >= 11 is 5.93. The molecule has 0 aliphatic carbocycles. The lowest BCUT2D eigenvalue weighted by Crippen LogP contribution is -2.41. The lowest BCUT2D eigenvalue weighted by Gasteiger charge is -2.23. The van der Waals surface area contributed by atoms with Crippen molar-refractivity contribution in [3.63, 3.8) is 0 Å². The smallest absolute Gasteiger partial charge is 0.121 e. The van der Waals surface area contributed by atoms with Gasteiger partial charge in [-0.25, -0.2) is 0 Å². The third kappa shape index (κ3) is 6.81. The Morgan fingerprint density at radius 3 is 2.74 bits per heavy atom. The maximum Gasteiger partial charge on any atom is 0.121 e. The van der Waals surface area contributed by atoms with Crippen LogP contribution in [0.5, 0.6) is 5.75 Å². The summed E-state index contributed by atoms with van der Waals surface area (Å²) in [4.78, 5) is 2.29. The number of rotatable bonds is 8. The van der Waals surface area contributed by atoms with Gasteiger partial charge in [-0.1, -0.05) is 24.6 Å². The summed E-state index contributed by atoms with van der Waals surface area (Å²) in [6.45, 7) is 9.35. The molecule has 2 unspecified atom stereocenters. The second-order valence-electron chi connectivity index (χ2n) is 5.05. The Morgan fingerprint density at radius 2 is 2.11 bits per heavy atom. The van der Waals surface area contributed by atoms with Gasteiger partial charge in [0.05, 0.1) is 0 Å². The molecule has 1 aromatic rings. The summed E-state index contributed by atoms with van der Waals surface area (Å²) < 4.78 is 5.82. The molecule has 0 saturated carbocycles. The third-order valence-electron chi connectivity index (χ3n) is 3.01. The van der Waals surface area contributed by atoms with Crippen LogP contribution < -0.4 is 10.1 Å². The molecular formula is C15H25ClN2O. The van der Waals surface area contributed by atoms with E-state index < -0.39 is 0 Å². The third-order valence-corrected chi connectivity index (χ3v) is 3.25. The van der Waals surface area contributed by atoms with E-state index in [4.69, 9.17) is 16.3 Å². The molecule has 108 valence electrons. The number of hydrogen-bond donors (Lipinski definition) is 1. The van der Waals surface area contributed by atoms with Gasteiger partial charge < -0.3 is 15.0 Å². The van der Waals surface area contributed by atoms with Crippen molar-refractivity contribution >= 4 is 11.6 Å². The highest BCUT2D eigenvalue weighted by atomic mass is 35.5. The first-order valence-electron chi connectivity index (χ1n) is 6.85. The van der Waals surface area contributed by atoms with Crippen molar-refractivity contribution in [2.45, 2.75) is 32.9 Å². The lowest BCUT2D eigenvalue weighted by atomic mass is 10.3. The van der Waals surface area contributed by atoms with Crippen LogP contribution in [0.15, 0.2) is 24.3 Å². The van der Waals surface area contributed by atoms with E-state index >= 15 is 0 Å². The molecule has 0 heterocycles. The SMILES string of the molecule is CCN(C)CC(C)NCC(C)Oc1cccc(Cl)c1. The van der Waals surface area contributed by atoms with Crippen molar-refractivity contribution in [3.8, 4) is 5.75 Å². The first-order valence-corrected chi connectivity index (χ1v) is 7.23. The molecule has 3 nitrogen and oxygen atoms in total. The molecule has 0 aliphatic heterocycles. The molecular weight excluding hydrogens is 260 g/mol. The first-order chi connectivity index (χ1) is 9.01. The molecule has 1 N–H and O–H groups in total. The van der Waals surface area contributed by atoms with Gasteiger partial charge in [-0.05, 0) is 45.6 Å². The quantitative estimate of drug-likeness (QED) is 0.794. The highest BCUT2D eigenvalue weighted by molar-refractivity contribution is 6.30.